The molecule has 0 aliphatic carbocycles. The molecule has 6 nitrogen and oxygen atoms in total. The molecule has 0 saturated heterocycles. The van der Waals surface area contributed by atoms with E-state index in [-0.39, 0.29) is 11.7 Å². The quantitative estimate of drug-likeness (QED) is 0.699. The van der Waals surface area contributed by atoms with E-state index in [2.05, 4.69) is 27.4 Å². The van der Waals surface area contributed by atoms with Crippen LogP contribution >= 0.6 is 11.8 Å². The summed E-state index contributed by atoms with van der Waals surface area (Å²) in [6.45, 7) is 2.10. The molecule has 0 unspecified atom stereocenters. The molecule has 1 amide bonds. The van der Waals surface area contributed by atoms with Crippen molar-refractivity contribution < 1.29 is 4.79 Å². The first-order valence-electron chi connectivity index (χ1n) is 7.59. The summed E-state index contributed by atoms with van der Waals surface area (Å²) < 4.78 is 1.76. The van der Waals surface area contributed by atoms with E-state index in [4.69, 9.17) is 0 Å². The lowest BCUT2D eigenvalue weighted by Crippen LogP contribution is -2.14. The van der Waals surface area contributed by atoms with Gasteiger partial charge < -0.3 is 5.32 Å². The molecule has 2 aromatic heterocycles. The monoisotopic (exact) mass is 339 g/mol. The van der Waals surface area contributed by atoms with E-state index < -0.39 is 0 Å². The zero-order chi connectivity index (χ0) is 16.8. The number of hydrogen-bond donors (Lipinski definition) is 1. The molecule has 0 atom stereocenters. The van der Waals surface area contributed by atoms with Gasteiger partial charge in [-0.15, -0.1) is 10.2 Å². The topological polar surface area (TPSA) is 72.7 Å². The van der Waals surface area contributed by atoms with Crippen LogP contribution in [0.5, 0.6) is 0 Å². The van der Waals surface area contributed by atoms with E-state index >= 15 is 0 Å². The van der Waals surface area contributed by atoms with Gasteiger partial charge in [0.15, 0.2) is 5.16 Å². The molecule has 7 heteroatoms. The molecule has 2 heterocycles. The van der Waals surface area contributed by atoms with Crippen molar-refractivity contribution in [3.63, 3.8) is 0 Å². The number of carbonyl (C=O) groups excluding carboxylic acids is 1. The fourth-order valence-electron chi connectivity index (χ4n) is 2.13. The van der Waals surface area contributed by atoms with Crippen LogP contribution in [0.3, 0.4) is 0 Å². The molecular weight excluding hydrogens is 322 g/mol. The minimum atomic E-state index is -0.0835. The largest absolute Gasteiger partial charge is 0.325 e. The number of anilines is 1. The number of pyridine rings is 1. The van der Waals surface area contributed by atoms with Crippen molar-refractivity contribution in [1.82, 2.24) is 19.7 Å². The van der Waals surface area contributed by atoms with Gasteiger partial charge in [0.25, 0.3) is 0 Å². The number of benzene rings is 1. The van der Waals surface area contributed by atoms with E-state index in [1.807, 2.05) is 42.5 Å². The molecule has 1 aromatic carbocycles. The Morgan fingerprint density at radius 1 is 1.21 bits per heavy atom. The molecule has 0 aliphatic rings. The van der Waals surface area contributed by atoms with Crippen LogP contribution in [0.4, 0.5) is 5.69 Å². The van der Waals surface area contributed by atoms with Crippen LogP contribution in [0.15, 0.2) is 60.1 Å². The standard InChI is InChI=1S/C17H17N5OS/c1-2-13-6-8-14(9-7-13)20-16(23)11-24-17-21-19-12-22(17)15-5-3-4-10-18-15/h3-10,12H,2,11H2,1H3,(H,20,23). The molecule has 122 valence electrons. The highest BCUT2D eigenvalue weighted by molar-refractivity contribution is 7.99. The Morgan fingerprint density at radius 2 is 2.04 bits per heavy atom. The van der Waals surface area contributed by atoms with Crippen molar-refractivity contribution in [2.45, 2.75) is 18.5 Å². The summed E-state index contributed by atoms with van der Waals surface area (Å²) in [6, 6.07) is 13.5. The summed E-state index contributed by atoms with van der Waals surface area (Å²) in [5.41, 5.74) is 2.04. The summed E-state index contributed by atoms with van der Waals surface area (Å²) in [5.74, 6) is 0.890. The van der Waals surface area contributed by atoms with Crippen molar-refractivity contribution in [2.75, 3.05) is 11.1 Å². The average Bonchev–Trinajstić information content (AvgIpc) is 3.10. The predicted molar refractivity (Wildman–Crippen MR) is 94.3 cm³/mol. The van der Waals surface area contributed by atoms with Crippen LogP contribution in [0.2, 0.25) is 0 Å². The Labute approximate surface area is 144 Å². The lowest BCUT2D eigenvalue weighted by atomic mass is 10.1. The fourth-order valence-corrected chi connectivity index (χ4v) is 2.84. The number of amides is 1. The maximum Gasteiger partial charge on any atom is 0.234 e. The number of hydrogen-bond acceptors (Lipinski definition) is 5. The average molecular weight is 339 g/mol. The van der Waals surface area contributed by atoms with Crippen molar-refractivity contribution >= 4 is 23.4 Å². The van der Waals surface area contributed by atoms with Gasteiger partial charge in [-0.2, -0.15) is 0 Å². The van der Waals surface area contributed by atoms with Crippen LogP contribution in [-0.2, 0) is 11.2 Å². The highest BCUT2D eigenvalue weighted by Gasteiger charge is 2.10. The smallest absolute Gasteiger partial charge is 0.234 e. The molecule has 1 N–H and O–H groups in total. The number of nitrogens with one attached hydrogen (secondary N) is 1. The van der Waals surface area contributed by atoms with Crippen molar-refractivity contribution in [3.8, 4) is 5.82 Å². The molecule has 0 spiro atoms. The second-order valence-corrected chi connectivity index (χ2v) is 6.00. The Hall–Kier alpha value is -2.67. The number of thioether (sulfide) groups is 1. The van der Waals surface area contributed by atoms with Gasteiger partial charge in [0.1, 0.15) is 12.1 Å². The lowest BCUT2D eigenvalue weighted by Gasteiger charge is -2.07. The van der Waals surface area contributed by atoms with Gasteiger partial charge in [-0.05, 0) is 36.2 Å². The third kappa shape index (κ3) is 3.99. The SMILES string of the molecule is CCc1ccc(NC(=O)CSc2nncn2-c2ccccn2)cc1. The summed E-state index contributed by atoms with van der Waals surface area (Å²) in [5, 5.41) is 11.5. The molecule has 0 bridgehead atoms. The van der Waals surface area contributed by atoms with Crippen LogP contribution in [-0.4, -0.2) is 31.4 Å². The highest BCUT2D eigenvalue weighted by Crippen LogP contribution is 2.18. The molecule has 3 aromatic rings. The van der Waals surface area contributed by atoms with E-state index in [0.717, 1.165) is 17.9 Å². The van der Waals surface area contributed by atoms with E-state index in [1.54, 1.807) is 17.1 Å². The molecule has 24 heavy (non-hydrogen) atoms. The minimum absolute atomic E-state index is 0.0835. The zero-order valence-corrected chi connectivity index (χ0v) is 14.0. The first-order valence-corrected chi connectivity index (χ1v) is 8.58. The van der Waals surface area contributed by atoms with Gasteiger partial charge in [0.2, 0.25) is 5.91 Å². The first-order chi connectivity index (χ1) is 11.8. The van der Waals surface area contributed by atoms with Crippen LogP contribution in [0.1, 0.15) is 12.5 Å². The summed E-state index contributed by atoms with van der Waals surface area (Å²) in [6.07, 6.45) is 4.27. The number of carbonyl (C=O) groups is 1. The maximum absolute atomic E-state index is 12.1. The fraction of sp³-hybridized carbons (Fsp3) is 0.176. The van der Waals surface area contributed by atoms with Crippen LogP contribution < -0.4 is 5.32 Å². The minimum Gasteiger partial charge on any atom is -0.325 e. The summed E-state index contributed by atoms with van der Waals surface area (Å²) >= 11 is 1.32. The van der Waals surface area contributed by atoms with E-state index in [0.29, 0.717) is 5.16 Å². The Kier molecular flexibility index (Phi) is 5.22. The first kappa shape index (κ1) is 16.2. The van der Waals surface area contributed by atoms with Gasteiger partial charge in [0, 0.05) is 11.9 Å². The number of rotatable bonds is 6. The summed E-state index contributed by atoms with van der Waals surface area (Å²) in [4.78, 5) is 16.4. The Morgan fingerprint density at radius 3 is 2.75 bits per heavy atom. The van der Waals surface area contributed by atoms with E-state index in [1.165, 1.54) is 17.3 Å². The zero-order valence-electron chi connectivity index (χ0n) is 13.2. The van der Waals surface area contributed by atoms with Crippen molar-refractivity contribution in [2.24, 2.45) is 0 Å². The molecule has 3 rings (SSSR count). The van der Waals surface area contributed by atoms with Gasteiger partial charge in [-0.25, -0.2) is 4.98 Å². The van der Waals surface area contributed by atoms with Crippen molar-refractivity contribution in [1.29, 1.82) is 0 Å². The summed E-state index contributed by atoms with van der Waals surface area (Å²) in [7, 11) is 0. The Balaban J connectivity index is 1.60. The molecule has 0 fully saturated rings. The second kappa shape index (κ2) is 7.74. The predicted octanol–water partition coefficient (Wildman–Crippen LogP) is 2.96. The third-order valence-electron chi connectivity index (χ3n) is 3.39. The lowest BCUT2D eigenvalue weighted by molar-refractivity contribution is -0.113. The number of aromatic nitrogens is 4. The molecule has 0 aliphatic heterocycles. The molecular formula is C17H17N5OS. The van der Waals surface area contributed by atoms with Crippen LogP contribution in [0, 0.1) is 0 Å². The van der Waals surface area contributed by atoms with Crippen molar-refractivity contribution in [3.05, 3.63) is 60.6 Å². The van der Waals surface area contributed by atoms with Gasteiger partial charge >= 0.3 is 0 Å². The third-order valence-corrected chi connectivity index (χ3v) is 4.33. The maximum atomic E-state index is 12.1. The second-order valence-electron chi connectivity index (χ2n) is 5.06. The number of nitrogens with zero attached hydrogens (tertiary/aromatic N) is 4. The van der Waals surface area contributed by atoms with Gasteiger partial charge in [-0.1, -0.05) is 36.9 Å². The van der Waals surface area contributed by atoms with E-state index in [9.17, 15) is 4.79 Å². The van der Waals surface area contributed by atoms with Gasteiger partial charge in [-0.3, -0.25) is 9.36 Å². The van der Waals surface area contributed by atoms with Crippen LogP contribution in [0.25, 0.3) is 5.82 Å². The van der Waals surface area contributed by atoms with Gasteiger partial charge in [0.05, 0.1) is 5.75 Å². The molecule has 0 radical (unpaired) electrons. The Bertz CT molecular complexity index is 801. The normalized spacial score (nSPS) is 10.5. The molecule has 0 saturated carbocycles. The number of aryl methyl sites for hydroxylation is 1. The highest BCUT2D eigenvalue weighted by atomic mass is 32.2.